The molecular formula is C19H19ClN2O4. The van der Waals surface area contributed by atoms with Gasteiger partial charge in [0.2, 0.25) is 0 Å². The van der Waals surface area contributed by atoms with Gasteiger partial charge in [-0.2, -0.15) is 0 Å². The first-order valence-electron chi connectivity index (χ1n) is 8.32. The van der Waals surface area contributed by atoms with Crippen LogP contribution in [0.4, 0.5) is 0 Å². The predicted octanol–water partition coefficient (Wildman–Crippen LogP) is 3.21. The van der Waals surface area contributed by atoms with Crippen molar-refractivity contribution in [2.75, 3.05) is 20.2 Å². The molecule has 136 valence electrons. The molecular weight excluding hydrogens is 356 g/mol. The van der Waals surface area contributed by atoms with Gasteiger partial charge in [-0.15, -0.1) is 0 Å². The Bertz CT molecular complexity index is 786. The van der Waals surface area contributed by atoms with Gasteiger partial charge in [-0.3, -0.25) is 4.79 Å². The molecule has 1 amide bonds. The van der Waals surface area contributed by atoms with Crippen molar-refractivity contribution in [3.8, 4) is 5.75 Å². The largest absolute Gasteiger partial charge is 0.490 e. The number of methoxy groups -OCH3 is 1. The van der Waals surface area contributed by atoms with Crippen molar-refractivity contribution in [3.05, 3.63) is 58.9 Å². The second kappa shape index (κ2) is 8.19. The van der Waals surface area contributed by atoms with Crippen molar-refractivity contribution < 1.29 is 19.1 Å². The third kappa shape index (κ3) is 4.32. The zero-order chi connectivity index (χ0) is 18.5. The van der Waals surface area contributed by atoms with Crippen molar-refractivity contribution in [1.82, 2.24) is 9.88 Å². The van der Waals surface area contributed by atoms with Gasteiger partial charge in [0.15, 0.2) is 0 Å². The third-order valence-electron chi connectivity index (χ3n) is 4.25. The molecule has 0 aliphatic carbocycles. The molecule has 3 rings (SSSR count). The number of esters is 1. The van der Waals surface area contributed by atoms with Crippen molar-refractivity contribution >= 4 is 23.5 Å². The lowest BCUT2D eigenvalue weighted by Crippen LogP contribution is -2.41. The van der Waals surface area contributed by atoms with E-state index in [1.807, 2.05) is 12.1 Å². The van der Waals surface area contributed by atoms with Gasteiger partial charge in [0.1, 0.15) is 17.5 Å². The molecule has 1 aliphatic rings. The molecule has 0 saturated carbocycles. The topological polar surface area (TPSA) is 68.7 Å². The van der Waals surface area contributed by atoms with Crippen molar-refractivity contribution in [1.29, 1.82) is 0 Å². The Morgan fingerprint density at radius 1 is 1.15 bits per heavy atom. The van der Waals surface area contributed by atoms with Crippen LogP contribution in [0.5, 0.6) is 5.75 Å². The standard InChI is InChI=1S/C19H19ClN2O4/c1-25-19(24)17-12-13(6-9-21-17)18(23)22-10-7-16(8-11-22)26-15-4-2-14(20)3-5-15/h2-6,9,12,16H,7-8,10-11H2,1H3. The van der Waals surface area contributed by atoms with Crippen LogP contribution in [-0.2, 0) is 4.74 Å². The molecule has 1 aliphatic heterocycles. The maximum atomic E-state index is 12.7. The number of piperidine rings is 1. The molecule has 0 spiro atoms. The van der Waals surface area contributed by atoms with Crippen LogP contribution >= 0.6 is 11.6 Å². The van der Waals surface area contributed by atoms with E-state index >= 15 is 0 Å². The number of aromatic nitrogens is 1. The molecule has 0 unspecified atom stereocenters. The molecule has 0 atom stereocenters. The van der Waals surface area contributed by atoms with Crippen LogP contribution in [0.15, 0.2) is 42.6 Å². The zero-order valence-corrected chi connectivity index (χ0v) is 15.1. The summed E-state index contributed by atoms with van der Waals surface area (Å²) in [6.45, 7) is 1.18. The van der Waals surface area contributed by atoms with E-state index in [1.165, 1.54) is 19.4 Å². The van der Waals surface area contributed by atoms with Crippen molar-refractivity contribution in [3.63, 3.8) is 0 Å². The second-order valence-corrected chi connectivity index (χ2v) is 6.42. The molecule has 0 N–H and O–H groups in total. The van der Waals surface area contributed by atoms with Crippen molar-refractivity contribution in [2.24, 2.45) is 0 Å². The van der Waals surface area contributed by atoms with Crippen molar-refractivity contribution in [2.45, 2.75) is 18.9 Å². The van der Waals surface area contributed by atoms with Crippen LogP contribution in [-0.4, -0.2) is 48.1 Å². The Kier molecular flexibility index (Phi) is 5.73. The number of benzene rings is 1. The Labute approximate surface area is 156 Å². The predicted molar refractivity (Wildman–Crippen MR) is 96.6 cm³/mol. The van der Waals surface area contributed by atoms with Crippen LogP contribution in [0.25, 0.3) is 0 Å². The minimum absolute atomic E-state index is 0.0586. The summed E-state index contributed by atoms with van der Waals surface area (Å²) in [5, 5.41) is 0.668. The molecule has 2 aromatic rings. The number of ether oxygens (including phenoxy) is 2. The first kappa shape index (κ1) is 18.2. The number of hydrogen-bond acceptors (Lipinski definition) is 5. The lowest BCUT2D eigenvalue weighted by atomic mass is 10.1. The molecule has 6 nitrogen and oxygen atoms in total. The third-order valence-corrected chi connectivity index (χ3v) is 4.50. The average Bonchev–Trinajstić information content (AvgIpc) is 2.69. The molecule has 2 heterocycles. The first-order valence-corrected chi connectivity index (χ1v) is 8.70. The molecule has 1 aromatic heterocycles. The van der Waals surface area contributed by atoms with Gasteiger partial charge in [0.05, 0.1) is 7.11 Å². The fraction of sp³-hybridized carbons (Fsp3) is 0.316. The zero-order valence-electron chi connectivity index (χ0n) is 14.4. The number of carbonyl (C=O) groups is 2. The van der Waals surface area contributed by atoms with E-state index in [-0.39, 0.29) is 17.7 Å². The smallest absolute Gasteiger partial charge is 0.356 e. The van der Waals surface area contributed by atoms with Gasteiger partial charge in [-0.25, -0.2) is 9.78 Å². The summed E-state index contributed by atoms with van der Waals surface area (Å²) in [5.41, 5.74) is 0.553. The lowest BCUT2D eigenvalue weighted by Gasteiger charge is -2.32. The van der Waals surface area contributed by atoms with Crippen LogP contribution in [0.2, 0.25) is 5.02 Å². The van der Waals surface area contributed by atoms with Crippen LogP contribution < -0.4 is 4.74 Å². The molecule has 1 aromatic carbocycles. The van der Waals surface area contributed by atoms with Gasteiger partial charge in [0, 0.05) is 42.7 Å². The molecule has 26 heavy (non-hydrogen) atoms. The number of rotatable bonds is 4. The molecule has 1 saturated heterocycles. The number of amides is 1. The highest BCUT2D eigenvalue weighted by molar-refractivity contribution is 6.30. The number of carbonyl (C=O) groups excluding carboxylic acids is 2. The highest BCUT2D eigenvalue weighted by Crippen LogP contribution is 2.22. The van der Waals surface area contributed by atoms with E-state index in [2.05, 4.69) is 9.72 Å². The number of pyridine rings is 1. The molecule has 1 fully saturated rings. The monoisotopic (exact) mass is 374 g/mol. The maximum Gasteiger partial charge on any atom is 0.356 e. The molecule has 7 heteroatoms. The summed E-state index contributed by atoms with van der Waals surface area (Å²) >= 11 is 5.87. The van der Waals surface area contributed by atoms with Gasteiger partial charge in [-0.1, -0.05) is 11.6 Å². The Morgan fingerprint density at radius 2 is 1.85 bits per heavy atom. The van der Waals surface area contributed by atoms with E-state index < -0.39 is 5.97 Å². The van der Waals surface area contributed by atoms with E-state index in [1.54, 1.807) is 23.1 Å². The summed E-state index contributed by atoms with van der Waals surface area (Å²) < 4.78 is 10.6. The number of likely N-dealkylation sites (tertiary alicyclic amines) is 1. The fourth-order valence-corrected chi connectivity index (χ4v) is 2.97. The van der Waals surface area contributed by atoms with E-state index in [4.69, 9.17) is 16.3 Å². The number of hydrogen-bond donors (Lipinski definition) is 0. The van der Waals surface area contributed by atoms with Crippen LogP contribution in [0, 0.1) is 0 Å². The quantitative estimate of drug-likeness (QED) is 0.769. The summed E-state index contributed by atoms with van der Waals surface area (Å²) in [7, 11) is 1.28. The minimum atomic E-state index is -0.560. The lowest BCUT2D eigenvalue weighted by molar-refractivity contribution is 0.0593. The number of nitrogens with zero attached hydrogens (tertiary/aromatic N) is 2. The molecule has 0 radical (unpaired) electrons. The van der Waals surface area contributed by atoms with Crippen LogP contribution in [0.1, 0.15) is 33.7 Å². The summed E-state index contributed by atoms with van der Waals surface area (Å²) in [6, 6.07) is 10.3. The minimum Gasteiger partial charge on any atom is -0.490 e. The average molecular weight is 375 g/mol. The fourth-order valence-electron chi connectivity index (χ4n) is 2.84. The van der Waals surface area contributed by atoms with Gasteiger partial charge < -0.3 is 14.4 Å². The Hall–Kier alpha value is -2.60. The Balaban J connectivity index is 1.58. The van der Waals surface area contributed by atoms with Gasteiger partial charge >= 0.3 is 5.97 Å². The summed E-state index contributed by atoms with van der Waals surface area (Å²) in [5.74, 6) is 0.0910. The SMILES string of the molecule is COC(=O)c1cc(C(=O)N2CCC(Oc3ccc(Cl)cc3)CC2)ccn1. The van der Waals surface area contributed by atoms with E-state index in [0.717, 1.165) is 18.6 Å². The van der Waals surface area contributed by atoms with Gasteiger partial charge in [0.25, 0.3) is 5.91 Å². The normalized spacial score (nSPS) is 14.8. The Morgan fingerprint density at radius 3 is 2.50 bits per heavy atom. The number of halogens is 1. The highest BCUT2D eigenvalue weighted by Gasteiger charge is 2.25. The van der Waals surface area contributed by atoms with E-state index in [0.29, 0.717) is 23.7 Å². The summed E-state index contributed by atoms with van der Waals surface area (Å²) in [4.78, 5) is 29.9. The second-order valence-electron chi connectivity index (χ2n) is 5.98. The van der Waals surface area contributed by atoms with Gasteiger partial charge in [-0.05, 0) is 36.4 Å². The molecule has 0 bridgehead atoms. The van der Waals surface area contributed by atoms with E-state index in [9.17, 15) is 9.59 Å². The maximum absolute atomic E-state index is 12.7. The highest BCUT2D eigenvalue weighted by atomic mass is 35.5. The summed E-state index contributed by atoms with van der Waals surface area (Å²) in [6.07, 6.45) is 2.98. The first-order chi connectivity index (χ1) is 12.6. The van der Waals surface area contributed by atoms with Crippen LogP contribution in [0.3, 0.4) is 0 Å².